The lowest BCUT2D eigenvalue weighted by Crippen LogP contribution is -2.06. The molecule has 2 rings (SSSR count). The Morgan fingerprint density at radius 2 is 2.05 bits per heavy atom. The molecule has 1 atom stereocenters. The number of ether oxygens (including phenoxy) is 1. The predicted octanol–water partition coefficient (Wildman–Crippen LogP) is 4.05. The molecule has 3 heteroatoms. The summed E-state index contributed by atoms with van der Waals surface area (Å²) in [4.78, 5) is 0. The highest BCUT2D eigenvalue weighted by Crippen LogP contribution is 2.20. The normalized spacial score (nSPS) is 12.4. The molecule has 0 fully saturated rings. The number of aromatic nitrogens is 2. The standard InChI is InChI=1S/C16H22N2O/c1-5-14(4)18-9-8-15(17-18)11-19-16-10-12(2)6-7-13(16)3/h6-10,14H,5,11H2,1-4H3. The van der Waals surface area contributed by atoms with E-state index in [1.807, 2.05) is 16.9 Å². The van der Waals surface area contributed by atoms with Crippen molar-refractivity contribution in [2.24, 2.45) is 0 Å². The third-order valence-corrected chi connectivity index (χ3v) is 3.43. The third-order valence-electron chi connectivity index (χ3n) is 3.43. The minimum Gasteiger partial charge on any atom is -0.487 e. The molecule has 19 heavy (non-hydrogen) atoms. The summed E-state index contributed by atoms with van der Waals surface area (Å²) < 4.78 is 7.86. The van der Waals surface area contributed by atoms with E-state index in [1.165, 1.54) is 5.56 Å². The van der Waals surface area contributed by atoms with Crippen LogP contribution in [-0.2, 0) is 6.61 Å². The molecule has 0 bridgehead atoms. The maximum atomic E-state index is 5.85. The zero-order chi connectivity index (χ0) is 13.8. The fraction of sp³-hybridized carbons (Fsp3) is 0.438. The molecule has 0 radical (unpaired) electrons. The molecule has 1 aromatic heterocycles. The molecule has 0 amide bonds. The van der Waals surface area contributed by atoms with Crippen molar-refractivity contribution in [2.75, 3.05) is 0 Å². The van der Waals surface area contributed by atoms with Gasteiger partial charge in [-0.2, -0.15) is 5.10 Å². The van der Waals surface area contributed by atoms with Gasteiger partial charge in [-0.05, 0) is 50.5 Å². The number of aryl methyl sites for hydroxylation is 2. The SMILES string of the molecule is CCC(C)n1ccc(COc2cc(C)ccc2C)n1. The molecule has 2 aromatic rings. The van der Waals surface area contributed by atoms with Gasteiger partial charge in [-0.3, -0.25) is 4.68 Å². The van der Waals surface area contributed by atoms with Crippen LogP contribution in [0.4, 0.5) is 0 Å². The highest BCUT2D eigenvalue weighted by molar-refractivity contribution is 5.36. The maximum Gasteiger partial charge on any atom is 0.132 e. The van der Waals surface area contributed by atoms with Gasteiger partial charge in [0, 0.05) is 12.2 Å². The molecule has 0 saturated heterocycles. The van der Waals surface area contributed by atoms with Crippen molar-refractivity contribution in [3.8, 4) is 5.75 Å². The topological polar surface area (TPSA) is 27.1 Å². The van der Waals surface area contributed by atoms with Crippen LogP contribution in [0.1, 0.15) is 43.1 Å². The molecule has 1 heterocycles. The molecule has 0 saturated carbocycles. The number of nitrogens with zero attached hydrogens (tertiary/aromatic N) is 2. The van der Waals surface area contributed by atoms with Gasteiger partial charge in [-0.15, -0.1) is 0 Å². The van der Waals surface area contributed by atoms with Crippen molar-refractivity contribution in [2.45, 2.75) is 46.8 Å². The Bertz CT molecular complexity index is 545. The molecular formula is C16H22N2O. The van der Waals surface area contributed by atoms with E-state index in [9.17, 15) is 0 Å². The summed E-state index contributed by atoms with van der Waals surface area (Å²) in [5.74, 6) is 0.943. The maximum absolute atomic E-state index is 5.85. The van der Waals surface area contributed by atoms with E-state index in [-0.39, 0.29) is 0 Å². The van der Waals surface area contributed by atoms with Gasteiger partial charge < -0.3 is 4.74 Å². The van der Waals surface area contributed by atoms with Gasteiger partial charge in [0.05, 0.1) is 5.69 Å². The summed E-state index contributed by atoms with van der Waals surface area (Å²) in [5.41, 5.74) is 3.35. The van der Waals surface area contributed by atoms with Crippen LogP contribution >= 0.6 is 0 Å². The first-order chi connectivity index (χ1) is 9.10. The molecule has 0 spiro atoms. The molecule has 0 aliphatic heterocycles. The van der Waals surface area contributed by atoms with E-state index < -0.39 is 0 Å². The van der Waals surface area contributed by atoms with Gasteiger partial charge in [-0.25, -0.2) is 0 Å². The van der Waals surface area contributed by atoms with E-state index in [4.69, 9.17) is 4.74 Å². The lowest BCUT2D eigenvalue weighted by Gasteiger charge is -2.10. The van der Waals surface area contributed by atoms with Crippen molar-refractivity contribution in [3.63, 3.8) is 0 Å². The second-order valence-electron chi connectivity index (χ2n) is 5.10. The van der Waals surface area contributed by atoms with Crippen LogP contribution in [0.15, 0.2) is 30.5 Å². The second kappa shape index (κ2) is 5.91. The van der Waals surface area contributed by atoms with Gasteiger partial charge in [0.25, 0.3) is 0 Å². The molecular weight excluding hydrogens is 236 g/mol. The quantitative estimate of drug-likeness (QED) is 0.809. The van der Waals surface area contributed by atoms with Gasteiger partial charge in [0.2, 0.25) is 0 Å². The first-order valence-corrected chi connectivity index (χ1v) is 6.84. The van der Waals surface area contributed by atoms with Crippen LogP contribution in [-0.4, -0.2) is 9.78 Å². The Kier molecular flexibility index (Phi) is 4.25. The summed E-state index contributed by atoms with van der Waals surface area (Å²) in [5, 5.41) is 4.54. The van der Waals surface area contributed by atoms with Gasteiger partial charge in [0.15, 0.2) is 0 Å². The van der Waals surface area contributed by atoms with E-state index in [1.54, 1.807) is 0 Å². The zero-order valence-electron chi connectivity index (χ0n) is 12.2. The van der Waals surface area contributed by atoms with Crippen LogP contribution in [0.3, 0.4) is 0 Å². The molecule has 0 aliphatic carbocycles. The summed E-state index contributed by atoms with van der Waals surface area (Å²) >= 11 is 0. The van der Waals surface area contributed by atoms with E-state index in [0.717, 1.165) is 23.4 Å². The van der Waals surface area contributed by atoms with Crippen molar-refractivity contribution in [3.05, 3.63) is 47.3 Å². The fourth-order valence-corrected chi connectivity index (χ4v) is 1.90. The van der Waals surface area contributed by atoms with E-state index in [0.29, 0.717) is 12.6 Å². The van der Waals surface area contributed by atoms with E-state index >= 15 is 0 Å². The predicted molar refractivity (Wildman–Crippen MR) is 77.5 cm³/mol. The highest BCUT2D eigenvalue weighted by Gasteiger charge is 2.06. The Morgan fingerprint density at radius 3 is 2.79 bits per heavy atom. The summed E-state index contributed by atoms with van der Waals surface area (Å²) in [7, 11) is 0. The Labute approximate surface area is 115 Å². The molecule has 1 unspecified atom stereocenters. The van der Waals surface area contributed by atoms with Crippen LogP contribution in [0.25, 0.3) is 0 Å². The van der Waals surface area contributed by atoms with Crippen LogP contribution in [0.2, 0.25) is 0 Å². The Morgan fingerprint density at radius 1 is 1.26 bits per heavy atom. The van der Waals surface area contributed by atoms with Crippen LogP contribution in [0, 0.1) is 13.8 Å². The molecule has 3 nitrogen and oxygen atoms in total. The number of hydrogen-bond acceptors (Lipinski definition) is 2. The third kappa shape index (κ3) is 3.37. The molecule has 0 N–H and O–H groups in total. The lowest BCUT2D eigenvalue weighted by atomic mass is 10.1. The van der Waals surface area contributed by atoms with Crippen LogP contribution in [0.5, 0.6) is 5.75 Å². The number of rotatable bonds is 5. The van der Waals surface area contributed by atoms with E-state index in [2.05, 4.69) is 51.0 Å². The molecule has 102 valence electrons. The van der Waals surface area contributed by atoms with Crippen molar-refractivity contribution in [1.29, 1.82) is 0 Å². The smallest absolute Gasteiger partial charge is 0.132 e. The van der Waals surface area contributed by atoms with Gasteiger partial charge in [0.1, 0.15) is 12.4 Å². The average molecular weight is 258 g/mol. The molecule has 0 aliphatic rings. The van der Waals surface area contributed by atoms with Crippen molar-refractivity contribution >= 4 is 0 Å². The minimum absolute atomic E-state index is 0.439. The number of hydrogen-bond donors (Lipinski definition) is 0. The molecule has 1 aromatic carbocycles. The van der Waals surface area contributed by atoms with Crippen molar-refractivity contribution < 1.29 is 4.74 Å². The van der Waals surface area contributed by atoms with Crippen molar-refractivity contribution in [1.82, 2.24) is 9.78 Å². The summed E-state index contributed by atoms with van der Waals surface area (Å²) in [6.07, 6.45) is 3.11. The highest BCUT2D eigenvalue weighted by atomic mass is 16.5. The second-order valence-corrected chi connectivity index (χ2v) is 5.10. The number of benzene rings is 1. The zero-order valence-corrected chi connectivity index (χ0v) is 12.2. The van der Waals surface area contributed by atoms with Crippen LogP contribution < -0.4 is 4.74 Å². The fourth-order valence-electron chi connectivity index (χ4n) is 1.90. The van der Waals surface area contributed by atoms with Gasteiger partial charge in [-0.1, -0.05) is 19.1 Å². The lowest BCUT2D eigenvalue weighted by molar-refractivity contribution is 0.296. The largest absolute Gasteiger partial charge is 0.487 e. The average Bonchev–Trinajstić information content (AvgIpc) is 2.88. The minimum atomic E-state index is 0.439. The Balaban J connectivity index is 2.02. The summed E-state index contributed by atoms with van der Waals surface area (Å²) in [6, 6.07) is 8.72. The Hall–Kier alpha value is -1.77. The first kappa shape index (κ1) is 13.7. The first-order valence-electron chi connectivity index (χ1n) is 6.84. The summed E-state index contributed by atoms with van der Waals surface area (Å²) in [6.45, 7) is 8.99. The van der Waals surface area contributed by atoms with Gasteiger partial charge >= 0.3 is 0 Å². The monoisotopic (exact) mass is 258 g/mol.